The molecular weight excluding hydrogens is 1360 g/mol. The summed E-state index contributed by atoms with van der Waals surface area (Å²) < 4.78 is 9.50. The summed E-state index contributed by atoms with van der Waals surface area (Å²) in [6.07, 6.45) is 0. The van der Waals surface area contributed by atoms with E-state index in [1.807, 2.05) is 0 Å². The first kappa shape index (κ1) is 79.9. The van der Waals surface area contributed by atoms with E-state index in [0.29, 0.717) is 0 Å². The van der Waals surface area contributed by atoms with Crippen LogP contribution in [-0.2, 0) is 28.2 Å². The van der Waals surface area contributed by atoms with Crippen LogP contribution in [0, 0.1) is 49.4 Å². The van der Waals surface area contributed by atoms with E-state index < -0.39 is 0 Å². The number of rotatable bonds is 4. The minimum atomic E-state index is 0.0604. The molecule has 4 aliphatic heterocycles. The number of hydrogen-bond acceptors (Lipinski definition) is 4. The summed E-state index contributed by atoms with van der Waals surface area (Å²) in [5.74, 6) is 0. The van der Waals surface area contributed by atoms with Crippen LogP contribution < -0.4 is 82.4 Å². The van der Waals surface area contributed by atoms with Crippen molar-refractivity contribution in [1.29, 1.82) is 0 Å². The molecule has 0 bridgehead atoms. The normalized spacial score (nSPS) is 14.7. The van der Waals surface area contributed by atoms with Crippen LogP contribution in [0.1, 0.15) is 133 Å². The average Bonchev–Trinajstić information content (AvgIpc) is 0.743. The molecule has 0 saturated carbocycles. The Labute approximate surface area is 670 Å². The molecule has 112 heavy (non-hydrogen) atoms. The third-order valence-electron chi connectivity index (χ3n) is 24.8. The maximum atomic E-state index is 2.51. The maximum Gasteiger partial charge on any atom is 0.399 e. The molecule has 0 N–H and O–H groups in total. The van der Waals surface area contributed by atoms with Gasteiger partial charge in [0.2, 0.25) is 22.1 Å². The molecule has 8 aromatic carbocycles. The molecule has 0 fully saturated rings. The lowest BCUT2D eigenvalue weighted by Crippen LogP contribution is -2.65. The highest BCUT2D eigenvalue weighted by atomic mass is 15.1. The van der Waals surface area contributed by atoms with Crippen LogP contribution in [0.3, 0.4) is 0 Å². The van der Waals surface area contributed by atoms with E-state index in [1.165, 1.54) is 175 Å². The lowest BCUT2D eigenvalue weighted by molar-refractivity contribution is -0.627. The molecule has 0 atom stereocenters. The first-order valence-corrected chi connectivity index (χ1v) is 40.5. The average molecular weight is 1480 g/mol. The smallest absolute Gasteiger partial charge is 0.399 e. The highest BCUT2D eigenvalue weighted by Gasteiger charge is 2.45. The van der Waals surface area contributed by atoms with E-state index in [-0.39, 0.29) is 49.1 Å². The Morgan fingerprint density at radius 2 is 0.518 bits per heavy atom. The van der Waals surface area contributed by atoms with Gasteiger partial charge in [-0.1, -0.05) is 251 Å². The molecule has 8 heterocycles. The number of fused-ring (bicyclic) bond motifs is 8. The minimum Gasteiger partial charge on any atom is -0.407 e. The highest BCUT2D eigenvalue weighted by molar-refractivity contribution is 6.87. The maximum absolute atomic E-state index is 2.51. The summed E-state index contributed by atoms with van der Waals surface area (Å²) in [7, 11) is 17.8. The SMILES string of the molecule is CC1=c2ccccc2=C(C(C)(C)C)N(C)B1c1cc(C)c2c(C)cccc2[n+]1C.CC1=c2ccccc2=C(C(C)(C)C)N(C)B1c1cc(C)c2ccccc2[n+]1C.CC1=c2ccccc2=C(C(C)(C)C)N(C)B1c1ccc2c(C)cccc2[n+]1C.CC1=c2ccccc2=C(C(C)(C)C)N(C)B1c1ccc2ccccc2[n+]1C. The van der Waals surface area contributed by atoms with Crippen LogP contribution >= 0.6 is 0 Å². The molecule has 568 valence electrons. The van der Waals surface area contributed by atoms with Crippen molar-refractivity contribution in [2.24, 2.45) is 49.9 Å². The van der Waals surface area contributed by atoms with Crippen LogP contribution in [0.15, 0.2) is 218 Å². The molecule has 4 aliphatic rings. The molecule has 12 aromatic rings. The number of benzene rings is 8. The van der Waals surface area contributed by atoms with E-state index in [4.69, 9.17) is 0 Å². The Morgan fingerprint density at radius 3 is 0.920 bits per heavy atom. The fraction of sp³-hybridized carbons (Fsp3) is 0.320. The van der Waals surface area contributed by atoms with E-state index >= 15 is 0 Å². The van der Waals surface area contributed by atoms with Gasteiger partial charge in [-0.05, 0) is 184 Å². The third-order valence-corrected chi connectivity index (χ3v) is 24.8. The number of nitrogens with zero attached hydrogens (tertiary/aromatic N) is 8. The van der Waals surface area contributed by atoms with Gasteiger partial charge in [-0.2, -0.15) is 0 Å². The molecule has 0 spiro atoms. The zero-order valence-corrected chi connectivity index (χ0v) is 72.7. The Hall–Kier alpha value is -10.2. The van der Waals surface area contributed by atoms with E-state index in [1.54, 1.807) is 0 Å². The van der Waals surface area contributed by atoms with Gasteiger partial charge in [0.05, 0.1) is 5.39 Å². The highest BCUT2D eigenvalue weighted by Crippen LogP contribution is 2.35. The summed E-state index contributed by atoms with van der Waals surface area (Å²) in [5, 5.41) is 16.3. The first-order chi connectivity index (χ1) is 52.9. The number of aryl methyl sites for hydroxylation is 8. The Balaban J connectivity index is 0.000000131. The van der Waals surface area contributed by atoms with Crippen LogP contribution in [0.4, 0.5) is 0 Å². The molecule has 8 nitrogen and oxygen atoms in total. The van der Waals surface area contributed by atoms with Gasteiger partial charge in [-0.15, -0.1) is 0 Å². The van der Waals surface area contributed by atoms with Gasteiger partial charge in [-0.25, -0.2) is 18.3 Å². The van der Waals surface area contributed by atoms with Crippen LogP contribution in [-0.4, -0.2) is 74.8 Å². The van der Waals surface area contributed by atoms with Crippen molar-refractivity contribution < 1.29 is 18.3 Å². The Bertz CT molecular complexity index is 6330. The molecule has 16 rings (SSSR count). The molecule has 4 aromatic heterocycles. The van der Waals surface area contributed by atoms with Gasteiger partial charge in [-0.3, -0.25) is 0 Å². The van der Waals surface area contributed by atoms with Crippen molar-refractivity contribution in [2.75, 3.05) is 28.2 Å². The van der Waals surface area contributed by atoms with Crippen LogP contribution in [0.2, 0.25) is 0 Å². The Morgan fingerprint density at radius 1 is 0.241 bits per heavy atom. The second-order valence-corrected chi connectivity index (χ2v) is 36.7. The number of para-hydroxylation sites is 2. The van der Waals surface area contributed by atoms with Crippen molar-refractivity contribution in [3.8, 4) is 0 Å². The second-order valence-electron chi connectivity index (χ2n) is 36.7. The predicted molar refractivity (Wildman–Crippen MR) is 483 cm³/mol. The summed E-state index contributed by atoms with van der Waals surface area (Å²) in [4.78, 5) is 9.99. The van der Waals surface area contributed by atoms with Gasteiger partial charge >= 0.3 is 27.4 Å². The van der Waals surface area contributed by atoms with Crippen LogP contribution in [0.25, 0.3) is 88.3 Å². The van der Waals surface area contributed by atoms with Crippen molar-refractivity contribution in [2.45, 2.75) is 138 Å². The zero-order chi connectivity index (χ0) is 80.9. The third kappa shape index (κ3) is 14.2. The summed E-state index contributed by atoms with van der Waals surface area (Å²) in [6.45, 7) is 46.7. The minimum absolute atomic E-state index is 0.0604. The van der Waals surface area contributed by atoms with Gasteiger partial charge in [0.15, 0.2) is 22.4 Å². The summed E-state index contributed by atoms with van der Waals surface area (Å²) in [5.41, 5.74) is 27.4. The Kier molecular flexibility index (Phi) is 21.7. The van der Waals surface area contributed by atoms with Crippen molar-refractivity contribution in [3.63, 3.8) is 0 Å². The van der Waals surface area contributed by atoms with E-state index in [9.17, 15) is 0 Å². The van der Waals surface area contributed by atoms with Gasteiger partial charge < -0.3 is 19.2 Å². The zero-order valence-electron chi connectivity index (χ0n) is 72.7. The number of pyridine rings is 4. The standard InChI is InChI=1S/C26H32BN2.2C25H30BN2.C24H28BN2/c1-17-12-11-15-22-24(17)18(2)16-23(28(22)7)27-19(3)20-13-9-10-14-21(20)25(29(27)8)26(4,5)6;1-17-16-23(27(6)22-15-11-10-12-19(17)22)26-18(2)20-13-8-9-14-21(20)24(28(26)7)25(3,4)5;1-17-11-10-14-22-19(17)15-16-23(27(22)6)26-18(2)20-12-8-9-13-21(20)24(28(26)7)25(3,4)5;1-17-19-12-8-9-13-20(19)23(24(2,3)4)27(6)25(17)22-16-15-18-11-7-10-14-21(18)26(22)5/h9-16H,1-8H3;2*8-16H,1-7H3;7-16H,1-6H3/q4*+1. The predicted octanol–water partition coefficient (Wildman–Crippen LogP) is 10.7. The van der Waals surface area contributed by atoms with E-state index in [0.717, 1.165) is 0 Å². The monoisotopic (exact) mass is 1480 g/mol. The molecule has 0 unspecified atom stereocenters. The molecular formula is C100H120B4N8+4. The van der Waals surface area contributed by atoms with Crippen LogP contribution in [0.5, 0.6) is 0 Å². The quantitative estimate of drug-likeness (QED) is 0.130. The van der Waals surface area contributed by atoms with Crippen molar-refractivity contribution in [3.05, 3.63) is 282 Å². The molecule has 0 saturated heterocycles. The molecule has 0 radical (unpaired) electrons. The fourth-order valence-electron chi connectivity index (χ4n) is 20.2. The fourth-order valence-corrected chi connectivity index (χ4v) is 20.2. The number of aromatic nitrogens is 4. The van der Waals surface area contributed by atoms with Crippen molar-refractivity contribution >= 4 is 138 Å². The largest absolute Gasteiger partial charge is 0.407 e. The van der Waals surface area contributed by atoms with Gasteiger partial charge in [0, 0.05) is 97.0 Å². The van der Waals surface area contributed by atoms with Gasteiger partial charge in [0.25, 0.3) is 0 Å². The summed E-state index contributed by atoms with van der Waals surface area (Å²) in [6, 6.07) is 80.0. The molecule has 0 amide bonds. The second kappa shape index (κ2) is 30.4. The van der Waals surface area contributed by atoms with Gasteiger partial charge in [0.1, 0.15) is 28.2 Å². The number of hydrogen-bond donors (Lipinski definition) is 0. The summed E-state index contributed by atoms with van der Waals surface area (Å²) >= 11 is 0. The lowest BCUT2D eigenvalue weighted by atomic mass is 9.48. The first-order valence-electron chi connectivity index (χ1n) is 40.5. The van der Waals surface area contributed by atoms with E-state index in [2.05, 4.69) is 451 Å². The molecule has 12 heteroatoms. The molecule has 0 aliphatic carbocycles. The van der Waals surface area contributed by atoms with Crippen molar-refractivity contribution in [1.82, 2.24) is 19.2 Å². The lowest BCUT2D eigenvalue weighted by Gasteiger charge is -2.38. The topological polar surface area (TPSA) is 28.5 Å².